The van der Waals surface area contributed by atoms with Crippen molar-refractivity contribution in [3.63, 3.8) is 0 Å². The van der Waals surface area contributed by atoms with Crippen LogP contribution in [0.3, 0.4) is 0 Å². The molecule has 0 aromatic heterocycles. The Balaban J connectivity index is 2.07. The van der Waals surface area contributed by atoms with Gasteiger partial charge in [0, 0.05) is 6.07 Å². The quantitative estimate of drug-likeness (QED) is 0.858. The van der Waals surface area contributed by atoms with Gasteiger partial charge in [-0.25, -0.2) is 0 Å². The Labute approximate surface area is 130 Å². The van der Waals surface area contributed by atoms with E-state index in [9.17, 15) is 4.79 Å². The van der Waals surface area contributed by atoms with Crippen LogP contribution < -0.4 is 20.5 Å². The minimum Gasteiger partial charge on any atom is -0.497 e. The Hall–Kier alpha value is -2.53. The van der Waals surface area contributed by atoms with Gasteiger partial charge in [0.2, 0.25) is 5.91 Å². The molecule has 1 amide bonds. The number of benzene rings is 2. The molecule has 0 aliphatic rings. The van der Waals surface area contributed by atoms with Crippen molar-refractivity contribution in [1.82, 2.24) is 0 Å². The van der Waals surface area contributed by atoms with Crippen molar-refractivity contribution in [2.45, 2.75) is 12.5 Å². The van der Waals surface area contributed by atoms with Crippen LogP contribution >= 0.6 is 0 Å². The molecule has 0 aliphatic carbocycles. The number of hydrogen-bond acceptors (Lipinski definition) is 4. The average Bonchev–Trinajstić information content (AvgIpc) is 2.55. The topological polar surface area (TPSA) is 73.6 Å². The minimum atomic E-state index is -0.640. The first-order chi connectivity index (χ1) is 10.6. The van der Waals surface area contributed by atoms with Crippen molar-refractivity contribution in [2.24, 2.45) is 5.73 Å². The molecule has 2 aromatic rings. The second-order valence-electron chi connectivity index (χ2n) is 4.85. The van der Waals surface area contributed by atoms with Gasteiger partial charge in [0.15, 0.2) is 0 Å². The number of carbonyl (C=O) groups is 1. The highest BCUT2D eigenvalue weighted by atomic mass is 16.5. The molecule has 1 atom stereocenters. The Morgan fingerprint density at radius 1 is 1.14 bits per heavy atom. The first-order valence-electron chi connectivity index (χ1n) is 6.96. The summed E-state index contributed by atoms with van der Waals surface area (Å²) in [5.41, 5.74) is 7.53. The fourth-order valence-electron chi connectivity index (χ4n) is 2.10. The lowest BCUT2D eigenvalue weighted by molar-refractivity contribution is -0.117. The number of nitrogens with two attached hydrogens (primary N) is 1. The molecule has 2 rings (SSSR count). The van der Waals surface area contributed by atoms with Gasteiger partial charge in [-0.1, -0.05) is 30.3 Å². The van der Waals surface area contributed by atoms with Crippen LogP contribution in [0.5, 0.6) is 11.5 Å². The molecule has 0 bridgehead atoms. The predicted molar refractivity (Wildman–Crippen MR) is 86.3 cm³/mol. The summed E-state index contributed by atoms with van der Waals surface area (Å²) < 4.78 is 10.4. The van der Waals surface area contributed by atoms with E-state index in [-0.39, 0.29) is 5.91 Å². The van der Waals surface area contributed by atoms with Crippen LogP contribution in [0.4, 0.5) is 5.69 Å². The van der Waals surface area contributed by atoms with Crippen molar-refractivity contribution in [3.8, 4) is 11.5 Å². The summed E-state index contributed by atoms with van der Waals surface area (Å²) in [6, 6.07) is 14.2. The summed E-state index contributed by atoms with van der Waals surface area (Å²) in [7, 11) is 3.11. The molecule has 0 heterocycles. The van der Waals surface area contributed by atoms with Gasteiger partial charge in [-0.2, -0.15) is 0 Å². The summed E-state index contributed by atoms with van der Waals surface area (Å²) in [6.45, 7) is 0. The molecule has 0 unspecified atom stereocenters. The number of hydrogen-bond donors (Lipinski definition) is 2. The van der Waals surface area contributed by atoms with E-state index in [0.29, 0.717) is 23.6 Å². The second kappa shape index (κ2) is 7.47. The molecule has 3 N–H and O–H groups in total. The molecule has 0 saturated carbocycles. The number of rotatable bonds is 6. The van der Waals surface area contributed by atoms with Crippen LogP contribution in [0.15, 0.2) is 48.5 Å². The van der Waals surface area contributed by atoms with Crippen molar-refractivity contribution in [3.05, 3.63) is 54.1 Å². The fourth-order valence-corrected chi connectivity index (χ4v) is 2.10. The van der Waals surface area contributed by atoms with E-state index in [2.05, 4.69) is 5.32 Å². The van der Waals surface area contributed by atoms with Gasteiger partial charge < -0.3 is 20.5 Å². The smallest absolute Gasteiger partial charge is 0.241 e. The van der Waals surface area contributed by atoms with Gasteiger partial charge in [0.05, 0.1) is 25.9 Å². The highest BCUT2D eigenvalue weighted by molar-refractivity contribution is 5.96. The Kier molecular flexibility index (Phi) is 5.38. The lowest BCUT2D eigenvalue weighted by Crippen LogP contribution is -2.37. The number of ether oxygens (including phenoxy) is 2. The zero-order chi connectivity index (χ0) is 15.9. The molecule has 116 valence electrons. The van der Waals surface area contributed by atoms with E-state index in [0.717, 1.165) is 5.56 Å². The van der Waals surface area contributed by atoms with Gasteiger partial charge in [0.25, 0.3) is 0 Å². The standard InChI is InChI=1S/C17H20N2O3/c1-21-13-8-9-16(22-2)15(11-13)19-17(20)14(18)10-12-6-4-3-5-7-12/h3-9,11,14H,10,18H2,1-2H3,(H,19,20)/t14-/m0/s1. The van der Waals surface area contributed by atoms with Gasteiger partial charge in [0.1, 0.15) is 11.5 Å². The lowest BCUT2D eigenvalue weighted by Gasteiger charge is -2.15. The minimum absolute atomic E-state index is 0.268. The molecule has 0 spiro atoms. The maximum Gasteiger partial charge on any atom is 0.241 e. The molecule has 2 aromatic carbocycles. The highest BCUT2D eigenvalue weighted by Crippen LogP contribution is 2.28. The number of carbonyl (C=O) groups excluding carboxylic acids is 1. The Morgan fingerprint density at radius 2 is 1.86 bits per heavy atom. The molecule has 0 fully saturated rings. The summed E-state index contributed by atoms with van der Waals surface area (Å²) in [5.74, 6) is 0.921. The maximum absolute atomic E-state index is 12.3. The van der Waals surface area contributed by atoms with E-state index < -0.39 is 6.04 Å². The summed E-state index contributed by atoms with van der Waals surface area (Å²) in [6.07, 6.45) is 0.471. The SMILES string of the molecule is COc1ccc(OC)c(NC(=O)[C@@H](N)Cc2ccccc2)c1. The molecule has 22 heavy (non-hydrogen) atoms. The van der Waals surface area contributed by atoms with Crippen molar-refractivity contribution in [1.29, 1.82) is 0 Å². The molecule has 0 aliphatic heterocycles. The normalized spacial score (nSPS) is 11.6. The largest absolute Gasteiger partial charge is 0.497 e. The van der Waals surface area contributed by atoms with Gasteiger partial charge in [-0.15, -0.1) is 0 Å². The third kappa shape index (κ3) is 3.99. The van der Waals surface area contributed by atoms with Crippen molar-refractivity contribution in [2.75, 3.05) is 19.5 Å². The van der Waals surface area contributed by atoms with Gasteiger partial charge >= 0.3 is 0 Å². The summed E-state index contributed by atoms with van der Waals surface area (Å²) in [4.78, 5) is 12.3. The number of amides is 1. The number of methoxy groups -OCH3 is 2. The number of anilines is 1. The van der Waals surface area contributed by atoms with E-state index >= 15 is 0 Å². The van der Waals surface area contributed by atoms with Crippen LogP contribution in [-0.4, -0.2) is 26.2 Å². The zero-order valence-corrected chi connectivity index (χ0v) is 12.7. The van der Waals surface area contributed by atoms with Gasteiger partial charge in [-0.05, 0) is 24.1 Å². The zero-order valence-electron chi connectivity index (χ0n) is 12.7. The first kappa shape index (κ1) is 15.9. The van der Waals surface area contributed by atoms with Crippen LogP contribution in [0.2, 0.25) is 0 Å². The van der Waals surface area contributed by atoms with E-state index in [1.165, 1.54) is 0 Å². The molecular formula is C17H20N2O3. The van der Waals surface area contributed by atoms with E-state index in [1.807, 2.05) is 30.3 Å². The van der Waals surface area contributed by atoms with Crippen molar-refractivity contribution < 1.29 is 14.3 Å². The molecular weight excluding hydrogens is 280 g/mol. The second-order valence-corrected chi connectivity index (χ2v) is 4.85. The summed E-state index contributed by atoms with van der Waals surface area (Å²) in [5, 5.41) is 2.79. The third-order valence-corrected chi connectivity index (χ3v) is 3.30. The van der Waals surface area contributed by atoms with Gasteiger partial charge in [-0.3, -0.25) is 4.79 Å². The van der Waals surface area contributed by atoms with Crippen LogP contribution in [0.25, 0.3) is 0 Å². The third-order valence-electron chi connectivity index (χ3n) is 3.30. The monoisotopic (exact) mass is 300 g/mol. The molecule has 0 radical (unpaired) electrons. The van der Waals surface area contributed by atoms with Crippen LogP contribution in [0, 0.1) is 0 Å². The molecule has 5 nitrogen and oxygen atoms in total. The lowest BCUT2D eigenvalue weighted by atomic mass is 10.1. The Morgan fingerprint density at radius 3 is 2.50 bits per heavy atom. The van der Waals surface area contributed by atoms with Crippen LogP contribution in [0.1, 0.15) is 5.56 Å². The molecule has 5 heteroatoms. The average molecular weight is 300 g/mol. The van der Waals surface area contributed by atoms with Crippen LogP contribution in [-0.2, 0) is 11.2 Å². The summed E-state index contributed by atoms with van der Waals surface area (Å²) >= 11 is 0. The van der Waals surface area contributed by atoms with E-state index in [4.69, 9.17) is 15.2 Å². The highest BCUT2D eigenvalue weighted by Gasteiger charge is 2.16. The number of nitrogens with one attached hydrogen (secondary N) is 1. The predicted octanol–water partition coefficient (Wildman–Crippen LogP) is 2.21. The fraction of sp³-hybridized carbons (Fsp3) is 0.235. The van der Waals surface area contributed by atoms with Crippen molar-refractivity contribution >= 4 is 11.6 Å². The maximum atomic E-state index is 12.3. The molecule has 0 saturated heterocycles. The Bertz CT molecular complexity index is 629. The first-order valence-corrected chi connectivity index (χ1v) is 6.96. The van der Waals surface area contributed by atoms with E-state index in [1.54, 1.807) is 32.4 Å².